The number of anilines is 1. The Labute approximate surface area is 205 Å². The van der Waals surface area contributed by atoms with Crippen molar-refractivity contribution in [1.29, 1.82) is 0 Å². The van der Waals surface area contributed by atoms with E-state index in [1.54, 1.807) is 31.2 Å². The lowest BCUT2D eigenvalue weighted by Gasteiger charge is -2.32. The van der Waals surface area contributed by atoms with E-state index in [4.69, 9.17) is 0 Å². The minimum absolute atomic E-state index is 0.190. The third-order valence-corrected chi connectivity index (χ3v) is 7.05. The Morgan fingerprint density at radius 1 is 1.03 bits per heavy atom. The number of hydrogen-bond acceptors (Lipinski definition) is 4. The Morgan fingerprint density at radius 2 is 1.64 bits per heavy atom. The van der Waals surface area contributed by atoms with Gasteiger partial charge in [0, 0.05) is 17.6 Å². The molecule has 0 aromatic heterocycles. The molecule has 33 heavy (non-hydrogen) atoms. The fourth-order valence-corrected chi connectivity index (χ4v) is 4.73. The minimum atomic E-state index is -3.76. The number of hydrogen-bond donors (Lipinski definition) is 1. The summed E-state index contributed by atoms with van der Waals surface area (Å²) in [5.41, 5.74) is 2.23. The summed E-state index contributed by atoms with van der Waals surface area (Å²) in [5, 5.41) is 2.87. The molecule has 2 aromatic rings. The standard InChI is InChI=1S/C24H32BrN3O4S/c1-17(2)14-26-24(30)19(4)27(15-20-11-7-6-10-18(20)3)23(29)16-28(33(5,31)32)22-13-9-8-12-21(22)25/h6-13,17,19H,14-16H2,1-5H3,(H,26,30)/t19-/m1/s1. The van der Waals surface area contributed by atoms with Gasteiger partial charge in [-0.25, -0.2) is 8.42 Å². The van der Waals surface area contributed by atoms with Gasteiger partial charge in [-0.1, -0.05) is 50.2 Å². The lowest BCUT2D eigenvalue weighted by atomic mass is 10.1. The van der Waals surface area contributed by atoms with E-state index in [2.05, 4.69) is 21.2 Å². The van der Waals surface area contributed by atoms with E-state index in [0.29, 0.717) is 16.7 Å². The molecule has 0 unspecified atom stereocenters. The zero-order valence-corrected chi connectivity index (χ0v) is 22.1. The number of aryl methyl sites for hydroxylation is 1. The van der Waals surface area contributed by atoms with Crippen LogP contribution in [0.15, 0.2) is 53.0 Å². The average Bonchev–Trinajstić information content (AvgIpc) is 2.74. The SMILES string of the molecule is Cc1ccccc1CN(C(=O)CN(c1ccccc1Br)S(C)(=O)=O)[C@H](C)C(=O)NCC(C)C. The van der Waals surface area contributed by atoms with Crippen molar-refractivity contribution in [3.8, 4) is 0 Å². The summed E-state index contributed by atoms with van der Waals surface area (Å²) in [6, 6.07) is 13.6. The van der Waals surface area contributed by atoms with Gasteiger partial charge in [-0.05, 0) is 59.0 Å². The number of carbonyl (C=O) groups is 2. The van der Waals surface area contributed by atoms with Gasteiger partial charge in [-0.15, -0.1) is 0 Å². The summed E-state index contributed by atoms with van der Waals surface area (Å²) in [4.78, 5) is 27.8. The van der Waals surface area contributed by atoms with E-state index < -0.39 is 28.5 Å². The Hall–Kier alpha value is -2.39. The molecule has 0 aliphatic carbocycles. The number of nitrogens with zero attached hydrogens (tertiary/aromatic N) is 2. The second-order valence-electron chi connectivity index (χ2n) is 8.48. The Balaban J connectivity index is 2.39. The smallest absolute Gasteiger partial charge is 0.244 e. The monoisotopic (exact) mass is 537 g/mol. The molecule has 0 saturated carbocycles. The normalized spacial score (nSPS) is 12.3. The molecule has 0 aliphatic rings. The molecule has 2 aromatic carbocycles. The second kappa shape index (κ2) is 11.7. The highest BCUT2D eigenvalue weighted by molar-refractivity contribution is 9.10. The van der Waals surface area contributed by atoms with Crippen LogP contribution >= 0.6 is 15.9 Å². The van der Waals surface area contributed by atoms with Gasteiger partial charge in [0.25, 0.3) is 0 Å². The maximum atomic E-state index is 13.5. The average molecular weight is 539 g/mol. The molecular formula is C24H32BrN3O4S. The van der Waals surface area contributed by atoms with Crippen molar-refractivity contribution in [2.45, 2.75) is 40.3 Å². The van der Waals surface area contributed by atoms with Crippen molar-refractivity contribution < 1.29 is 18.0 Å². The molecule has 0 bridgehead atoms. The Bertz CT molecular complexity index is 1090. The maximum absolute atomic E-state index is 13.5. The molecule has 1 atom stereocenters. The van der Waals surface area contributed by atoms with E-state index in [0.717, 1.165) is 21.7 Å². The molecule has 0 fully saturated rings. The van der Waals surface area contributed by atoms with Crippen molar-refractivity contribution in [1.82, 2.24) is 10.2 Å². The molecule has 0 radical (unpaired) electrons. The Kier molecular flexibility index (Phi) is 9.48. The first-order valence-electron chi connectivity index (χ1n) is 10.8. The van der Waals surface area contributed by atoms with Crippen molar-refractivity contribution >= 4 is 43.5 Å². The largest absolute Gasteiger partial charge is 0.354 e. The van der Waals surface area contributed by atoms with Crippen LogP contribution in [-0.4, -0.2) is 50.5 Å². The van der Waals surface area contributed by atoms with Crippen LogP contribution < -0.4 is 9.62 Å². The van der Waals surface area contributed by atoms with Crippen molar-refractivity contribution in [2.24, 2.45) is 5.92 Å². The number of rotatable bonds is 10. The lowest BCUT2D eigenvalue weighted by Crippen LogP contribution is -2.51. The minimum Gasteiger partial charge on any atom is -0.354 e. The molecule has 0 saturated heterocycles. The number of nitrogens with one attached hydrogen (secondary N) is 1. The van der Waals surface area contributed by atoms with Crippen LogP contribution in [0.3, 0.4) is 0 Å². The van der Waals surface area contributed by atoms with E-state index in [9.17, 15) is 18.0 Å². The van der Waals surface area contributed by atoms with E-state index in [1.165, 1.54) is 4.90 Å². The fraction of sp³-hybridized carbons (Fsp3) is 0.417. The van der Waals surface area contributed by atoms with Gasteiger partial charge in [0.05, 0.1) is 11.9 Å². The molecule has 0 aliphatic heterocycles. The van der Waals surface area contributed by atoms with Gasteiger partial charge < -0.3 is 10.2 Å². The summed E-state index contributed by atoms with van der Waals surface area (Å²) in [5.74, 6) is -0.484. The molecule has 180 valence electrons. The van der Waals surface area contributed by atoms with Gasteiger partial charge >= 0.3 is 0 Å². The number of para-hydroxylation sites is 1. The highest BCUT2D eigenvalue weighted by Gasteiger charge is 2.30. The molecular weight excluding hydrogens is 506 g/mol. The highest BCUT2D eigenvalue weighted by Crippen LogP contribution is 2.28. The first kappa shape index (κ1) is 26.9. The topological polar surface area (TPSA) is 86.8 Å². The van der Waals surface area contributed by atoms with Crippen LogP contribution in [0.1, 0.15) is 31.9 Å². The van der Waals surface area contributed by atoms with Gasteiger partial charge in [0.2, 0.25) is 21.8 Å². The molecule has 1 N–H and O–H groups in total. The molecule has 7 nitrogen and oxygen atoms in total. The van der Waals surface area contributed by atoms with Crippen LogP contribution in [0, 0.1) is 12.8 Å². The summed E-state index contributed by atoms with van der Waals surface area (Å²) in [7, 11) is -3.76. The van der Waals surface area contributed by atoms with Gasteiger partial charge in [-0.2, -0.15) is 0 Å². The predicted octanol–water partition coefficient (Wildman–Crippen LogP) is 3.71. The van der Waals surface area contributed by atoms with E-state index in [-0.39, 0.29) is 18.4 Å². The van der Waals surface area contributed by atoms with Crippen LogP contribution in [0.2, 0.25) is 0 Å². The second-order valence-corrected chi connectivity index (χ2v) is 11.2. The van der Waals surface area contributed by atoms with Gasteiger partial charge in [-0.3, -0.25) is 13.9 Å². The van der Waals surface area contributed by atoms with E-state index in [1.807, 2.05) is 45.0 Å². The van der Waals surface area contributed by atoms with Crippen LogP contribution in [0.5, 0.6) is 0 Å². The number of amides is 2. The molecule has 2 amide bonds. The number of sulfonamides is 1. The molecule has 0 spiro atoms. The summed E-state index contributed by atoms with van der Waals surface area (Å²) in [6.07, 6.45) is 1.06. The summed E-state index contributed by atoms with van der Waals surface area (Å²) >= 11 is 3.37. The number of carbonyl (C=O) groups excluding carboxylic acids is 2. The lowest BCUT2D eigenvalue weighted by molar-refractivity contribution is -0.139. The maximum Gasteiger partial charge on any atom is 0.244 e. The highest BCUT2D eigenvalue weighted by atomic mass is 79.9. The zero-order valence-electron chi connectivity index (χ0n) is 19.7. The fourth-order valence-electron chi connectivity index (χ4n) is 3.25. The Morgan fingerprint density at radius 3 is 2.21 bits per heavy atom. The van der Waals surface area contributed by atoms with Crippen molar-refractivity contribution in [3.05, 3.63) is 64.1 Å². The van der Waals surface area contributed by atoms with Crippen LogP contribution in [0.4, 0.5) is 5.69 Å². The molecule has 9 heteroatoms. The van der Waals surface area contributed by atoms with Crippen LogP contribution in [-0.2, 0) is 26.2 Å². The zero-order chi connectivity index (χ0) is 24.8. The van der Waals surface area contributed by atoms with Crippen molar-refractivity contribution in [2.75, 3.05) is 23.7 Å². The predicted molar refractivity (Wildman–Crippen MR) is 135 cm³/mol. The summed E-state index contributed by atoms with van der Waals surface area (Å²) < 4.78 is 26.8. The number of benzene rings is 2. The number of halogens is 1. The first-order chi connectivity index (χ1) is 15.4. The van der Waals surface area contributed by atoms with Crippen LogP contribution in [0.25, 0.3) is 0 Å². The third kappa shape index (κ3) is 7.57. The van der Waals surface area contributed by atoms with Gasteiger partial charge in [0.15, 0.2) is 0 Å². The first-order valence-corrected chi connectivity index (χ1v) is 13.4. The quantitative estimate of drug-likeness (QED) is 0.500. The van der Waals surface area contributed by atoms with Gasteiger partial charge in [0.1, 0.15) is 12.6 Å². The molecule has 2 rings (SSSR count). The van der Waals surface area contributed by atoms with Crippen molar-refractivity contribution in [3.63, 3.8) is 0 Å². The third-order valence-electron chi connectivity index (χ3n) is 5.25. The van der Waals surface area contributed by atoms with E-state index >= 15 is 0 Å². The summed E-state index contributed by atoms with van der Waals surface area (Å²) in [6.45, 7) is 7.83. The molecule has 0 heterocycles.